The maximum Gasteiger partial charge on any atom is 0.242 e. The number of fused-ring (bicyclic) bond motifs is 1. The number of nitrogens with zero attached hydrogens (tertiary/aromatic N) is 3. The summed E-state index contributed by atoms with van der Waals surface area (Å²) in [6, 6.07) is 7.70. The van der Waals surface area contributed by atoms with Crippen LogP contribution >= 0.6 is 0 Å². The van der Waals surface area contributed by atoms with Crippen LogP contribution < -0.4 is 5.32 Å². The minimum Gasteiger partial charge on any atom is -0.350 e. The van der Waals surface area contributed by atoms with Crippen LogP contribution in [0.3, 0.4) is 0 Å². The van der Waals surface area contributed by atoms with Crippen molar-refractivity contribution < 1.29 is 9.59 Å². The van der Waals surface area contributed by atoms with Gasteiger partial charge in [0.1, 0.15) is 12.4 Å². The molecule has 2 amide bonds. The maximum atomic E-state index is 12.4. The number of imidazole rings is 1. The number of carbonyl (C=O) groups is 2. The zero-order valence-corrected chi connectivity index (χ0v) is 14.4. The summed E-state index contributed by atoms with van der Waals surface area (Å²) in [5.41, 5.74) is 1.48. The van der Waals surface area contributed by atoms with Gasteiger partial charge in [-0.1, -0.05) is 12.1 Å². The molecule has 2 aromatic rings. The largest absolute Gasteiger partial charge is 0.350 e. The van der Waals surface area contributed by atoms with Gasteiger partial charge >= 0.3 is 0 Å². The van der Waals surface area contributed by atoms with Crippen LogP contribution in [0.1, 0.15) is 26.6 Å². The van der Waals surface area contributed by atoms with Crippen molar-refractivity contribution in [1.29, 1.82) is 0 Å². The lowest BCUT2D eigenvalue weighted by Crippen LogP contribution is -2.46. The number of nitrogens with one attached hydrogen (secondary N) is 1. The molecule has 1 aromatic carbocycles. The number of amides is 2. The molecule has 0 bridgehead atoms. The predicted molar refractivity (Wildman–Crippen MR) is 90.0 cm³/mol. The summed E-state index contributed by atoms with van der Waals surface area (Å²) >= 11 is 0. The van der Waals surface area contributed by atoms with E-state index >= 15 is 0 Å². The molecule has 0 unspecified atom stereocenters. The highest BCUT2D eigenvalue weighted by Gasteiger charge is 2.19. The van der Waals surface area contributed by atoms with Gasteiger partial charge in [0.05, 0.1) is 17.6 Å². The van der Waals surface area contributed by atoms with Gasteiger partial charge in [-0.25, -0.2) is 4.98 Å². The summed E-state index contributed by atoms with van der Waals surface area (Å²) < 4.78 is 1.87. The van der Waals surface area contributed by atoms with Gasteiger partial charge in [-0.15, -0.1) is 0 Å². The summed E-state index contributed by atoms with van der Waals surface area (Å²) in [6.45, 7) is 7.82. The minimum atomic E-state index is -0.307. The summed E-state index contributed by atoms with van der Waals surface area (Å²) in [5, 5.41) is 2.85. The van der Waals surface area contributed by atoms with Gasteiger partial charge < -0.3 is 14.8 Å². The zero-order valence-electron chi connectivity index (χ0n) is 14.4. The molecule has 124 valence electrons. The van der Waals surface area contributed by atoms with E-state index in [9.17, 15) is 9.59 Å². The predicted octanol–water partition coefficient (Wildman–Crippen LogP) is 1.72. The Hall–Kier alpha value is -2.37. The third-order valence-corrected chi connectivity index (χ3v) is 3.46. The smallest absolute Gasteiger partial charge is 0.242 e. The van der Waals surface area contributed by atoms with E-state index in [1.165, 1.54) is 4.90 Å². The van der Waals surface area contributed by atoms with Crippen molar-refractivity contribution in [2.45, 2.75) is 39.8 Å². The summed E-state index contributed by atoms with van der Waals surface area (Å²) in [6.07, 6.45) is 0. The molecule has 0 spiro atoms. The Morgan fingerprint density at radius 1 is 1.26 bits per heavy atom. The highest BCUT2D eigenvalue weighted by atomic mass is 16.2. The van der Waals surface area contributed by atoms with Crippen LogP contribution in [-0.2, 0) is 16.1 Å². The van der Waals surface area contributed by atoms with Crippen molar-refractivity contribution in [3.8, 4) is 0 Å². The highest BCUT2D eigenvalue weighted by molar-refractivity contribution is 5.86. The average Bonchev–Trinajstić information content (AvgIpc) is 2.73. The van der Waals surface area contributed by atoms with E-state index < -0.39 is 0 Å². The first-order chi connectivity index (χ1) is 10.7. The second-order valence-electron chi connectivity index (χ2n) is 6.78. The topological polar surface area (TPSA) is 67.2 Å². The molecule has 2 rings (SSSR count). The number of aromatic nitrogens is 2. The molecule has 0 saturated heterocycles. The first-order valence-corrected chi connectivity index (χ1v) is 7.64. The van der Waals surface area contributed by atoms with Crippen molar-refractivity contribution in [2.24, 2.45) is 0 Å². The summed E-state index contributed by atoms with van der Waals surface area (Å²) in [4.78, 5) is 30.2. The first-order valence-electron chi connectivity index (χ1n) is 7.64. The molecule has 1 aromatic heterocycles. The summed E-state index contributed by atoms with van der Waals surface area (Å²) in [5.74, 6) is 0.493. The molecule has 0 fully saturated rings. The van der Waals surface area contributed by atoms with Gasteiger partial charge in [0.2, 0.25) is 11.8 Å². The van der Waals surface area contributed by atoms with Crippen molar-refractivity contribution in [3.05, 3.63) is 30.1 Å². The average molecular weight is 316 g/mol. The Morgan fingerprint density at radius 2 is 1.91 bits per heavy atom. The number of likely N-dealkylation sites (N-methyl/N-ethyl adjacent to an activating group) is 1. The third kappa shape index (κ3) is 4.31. The van der Waals surface area contributed by atoms with Gasteiger partial charge in [0.15, 0.2) is 0 Å². The molecular formula is C17H24N4O2. The Morgan fingerprint density at radius 3 is 2.57 bits per heavy atom. The van der Waals surface area contributed by atoms with Gasteiger partial charge in [-0.2, -0.15) is 0 Å². The van der Waals surface area contributed by atoms with Crippen molar-refractivity contribution in [1.82, 2.24) is 19.8 Å². The first kappa shape index (κ1) is 17.0. The molecule has 23 heavy (non-hydrogen) atoms. The summed E-state index contributed by atoms with van der Waals surface area (Å²) in [7, 11) is 1.64. The van der Waals surface area contributed by atoms with Crippen LogP contribution in [-0.4, -0.2) is 45.4 Å². The zero-order chi connectivity index (χ0) is 17.2. The van der Waals surface area contributed by atoms with Gasteiger partial charge in [-0.05, 0) is 39.8 Å². The molecule has 0 aliphatic rings. The lowest BCUT2D eigenvalue weighted by atomic mass is 10.1. The van der Waals surface area contributed by atoms with Crippen molar-refractivity contribution in [2.75, 3.05) is 13.6 Å². The number of hydrogen-bond donors (Lipinski definition) is 1. The molecule has 6 heteroatoms. The number of aryl methyl sites for hydroxylation is 1. The Kier molecular flexibility index (Phi) is 4.73. The van der Waals surface area contributed by atoms with Crippen LogP contribution in [0.2, 0.25) is 0 Å². The molecule has 1 heterocycles. The maximum absolute atomic E-state index is 12.4. The van der Waals surface area contributed by atoms with Crippen LogP contribution in [0.25, 0.3) is 11.0 Å². The van der Waals surface area contributed by atoms with E-state index in [2.05, 4.69) is 10.3 Å². The molecule has 0 radical (unpaired) electrons. The van der Waals surface area contributed by atoms with Crippen LogP contribution in [0.4, 0.5) is 0 Å². The number of carbonyl (C=O) groups excluding carboxylic acids is 2. The van der Waals surface area contributed by atoms with E-state index in [-0.39, 0.29) is 30.4 Å². The molecule has 0 aliphatic carbocycles. The quantitative estimate of drug-likeness (QED) is 0.934. The van der Waals surface area contributed by atoms with Crippen LogP contribution in [0.5, 0.6) is 0 Å². The fourth-order valence-electron chi connectivity index (χ4n) is 2.41. The lowest BCUT2D eigenvalue weighted by Gasteiger charge is -2.23. The standard InChI is InChI=1S/C17H24N4O2/c1-12-18-13-8-6-7-9-14(13)21(12)11-16(23)20(5)10-15(22)19-17(2,3)4/h6-9H,10-11H2,1-5H3,(H,19,22). The van der Waals surface area contributed by atoms with Gasteiger partial charge in [-0.3, -0.25) is 9.59 Å². The van der Waals surface area contributed by atoms with Crippen LogP contribution in [0, 0.1) is 6.92 Å². The van der Waals surface area contributed by atoms with Crippen LogP contribution in [0.15, 0.2) is 24.3 Å². The normalized spacial score (nSPS) is 11.5. The SMILES string of the molecule is Cc1nc2ccccc2n1CC(=O)N(C)CC(=O)NC(C)(C)C. The number of hydrogen-bond acceptors (Lipinski definition) is 3. The van der Waals surface area contributed by atoms with E-state index in [1.54, 1.807) is 7.05 Å². The highest BCUT2D eigenvalue weighted by Crippen LogP contribution is 2.15. The molecule has 6 nitrogen and oxygen atoms in total. The monoisotopic (exact) mass is 316 g/mol. The Balaban J connectivity index is 2.06. The number of rotatable bonds is 4. The minimum absolute atomic E-state index is 0.0434. The van der Waals surface area contributed by atoms with E-state index in [4.69, 9.17) is 0 Å². The van der Waals surface area contributed by atoms with Gasteiger partial charge in [0, 0.05) is 12.6 Å². The van der Waals surface area contributed by atoms with E-state index in [0.717, 1.165) is 16.9 Å². The van der Waals surface area contributed by atoms with E-state index in [0.29, 0.717) is 0 Å². The fourth-order valence-corrected chi connectivity index (χ4v) is 2.41. The molecular weight excluding hydrogens is 292 g/mol. The second-order valence-corrected chi connectivity index (χ2v) is 6.78. The Bertz CT molecular complexity index is 728. The number of para-hydroxylation sites is 2. The fraction of sp³-hybridized carbons (Fsp3) is 0.471. The van der Waals surface area contributed by atoms with E-state index in [1.807, 2.05) is 56.5 Å². The third-order valence-electron chi connectivity index (χ3n) is 3.46. The van der Waals surface area contributed by atoms with Crippen molar-refractivity contribution in [3.63, 3.8) is 0 Å². The number of benzene rings is 1. The second kappa shape index (κ2) is 6.40. The molecule has 0 aliphatic heterocycles. The lowest BCUT2D eigenvalue weighted by molar-refractivity contribution is -0.135. The van der Waals surface area contributed by atoms with Gasteiger partial charge in [0.25, 0.3) is 0 Å². The van der Waals surface area contributed by atoms with Crippen molar-refractivity contribution >= 4 is 22.8 Å². The molecule has 1 N–H and O–H groups in total. The molecule has 0 atom stereocenters. The Labute approximate surface area is 136 Å². The molecule has 0 saturated carbocycles.